The van der Waals surface area contributed by atoms with E-state index in [1.165, 1.54) is 77.6 Å². The van der Waals surface area contributed by atoms with Gasteiger partial charge in [-0.1, -0.05) is 164 Å². The van der Waals surface area contributed by atoms with Gasteiger partial charge in [0.15, 0.2) is 17.5 Å². The fourth-order valence-electron chi connectivity index (χ4n) is 11.5. The SMILES string of the molecule is C1=C(c2nc(C3=CC=C(n4c5ccccc5c5ccc6c(c54)-c4ccccc4C64c5ccccc5-c5ccccc54)CC3)nc(-c3ccccc3)n2)C=C2Oc3ccccc3C2C1. The highest BCUT2D eigenvalue weighted by Gasteiger charge is 2.52. The quantitative estimate of drug-likeness (QED) is 0.178. The predicted molar refractivity (Wildman–Crippen MR) is 253 cm³/mol. The number of benzene rings is 7. The molecule has 1 aliphatic heterocycles. The standard InChI is InChI=1S/C58H38N4O/c1-2-14-35(15-3-1)55-59-56(61-57(60-55)37-28-31-43-42-19-8-13-25-51(42)63-52(43)34-37)36-26-29-38(30-27-36)62-50-24-12-7-18-41(50)44-32-33-49-53(54(44)62)45-20-6-11-23-48(45)58(49)46-21-9-4-16-39(46)40-17-5-10-22-47(40)58/h1-26,28-29,32-34,43H,27,30-31H2. The van der Waals surface area contributed by atoms with Gasteiger partial charge in [-0.05, 0) is 88.1 Å². The summed E-state index contributed by atoms with van der Waals surface area (Å²) in [5, 5.41) is 2.53. The second-order valence-electron chi connectivity index (χ2n) is 17.3. The molecule has 5 heteroatoms. The molecular weight excluding hydrogens is 769 g/mol. The van der Waals surface area contributed by atoms with Crippen LogP contribution >= 0.6 is 0 Å². The van der Waals surface area contributed by atoms with Gasteiger partial charge in [0.05, 0.1) is 16.4 Å². The van der Waals surface area contributed by atoms with E-state index in [2.05, 4.69) is 168 Å². The van der Waals surface area contributed by atoms with Crippen LogP contribution in [0.15, 0.2) is 194 Å². The number of ether oxygens (including phenoxy) is 1. The van der Waals surface area contributed by atoms with Crippen LogP contribution in [0.25, 0.3) is 72.3 Å². The molecule has 1 spiro atoms. The Morgan fingerprint density at radius 3 is 2.00 bits per heavy atom. The first-order valence-electron chi connectivity index (χ1n) is 22.0. The molecule has 0 N–H and O–H groups in total. The van der Waals surface area contributed by atoms with Crippen LogP contribution in [0.3, 0.4) is 0 Å². The van der Waals surface area contributed by atoms with Crippen LogP contribution in [0.5, 0.6) is 5.75 Å². The molecule has 9 aromatic rings. The summed E-state index contributed by atoms with van der Waals surface area (Å²) in [4.78, 5) is 15.4. The molecule has 1 unspecified atom stereocenters. The van der Waals surface area contributed by atoms with E-state index in [4.69, 9.17) is 19.7 Å². The van der Waals surface area contributed by atoms with E-state index in [9.17, 15) is 0 Å². The van der Waals surface area contributed by atoms with E-state index in [0.29, 0.717) is 17.5 Å². The molecule has 3 heterocycles. The summed E-state index contributed by atoms with van der Waals surface area (Å²) in [7, 11) is 0. The van der Waals surface area contributed by atoms with Gasteiger partial charge in [-0.2, -0.15) is 0 Å². The number of hydrogen-bond donors (Lipinski definition) is 0. The monoisotopic (exact) mass is 806 g/mol. The average Bonchev–Trinajstić information content (AvgIpc) is 4.08. The summed E-state index contributed by atoms with van der Waals surface area (Å²) in [6.45, 7) is 0. The Bertz CT molecular complexity index is 3540. The first-order chi connectivity index (χ1) is 31.2. The van der Waals surface area contributed by atoms with Gasteiger partial charge in [0.2, 0.25) is 0 Å². The Kier molecular flexibility index (Phi) is 7.21. The lowest BCUT2D eigenvalue weighted by atomic mass is 9.70. The molecule has 7 aromatic carbocycles. The topological polar surface area (TPSA) is 52.8 Å². The van der Waals surface area contributed by atoms with Gasteiger partial charge in [-0.25, -0.2) is 15.0 Å². The molecule has 5 aliphatic rings. The highest BCUT2D eigenvalue weighted by atomic mass is 16.5. The zero-order valence-corrected chi connectivity index (χ0v) is 34.3. The molecular formula is C58H38N4O. The first kappa shape index (κ1) is 34.8. The number of allylic oxidation sites excluding steroid dienone is 8. The summed E-state index contributed by atoms with van der Waals surface area (Å²) in [5.41, 5.74) is 18.3. The van der Waals surface area contributed by atoms with Crippen LogP contribution in [0.4, 0.5) is 0 Å². The number of rotatable bonds is 4. The number of aromatic nitrogens is 4. The third-order valence-corrected chi connectivity index (χ3v) is 14.2. The summed E-state index contributed by atoms with van der Waals surface area (Å²) in [5.74, 6) is 4.16. The van der Waals surface area contributed by atoms with Crippen molar-refractivity contribution in [2.24, 2.45) is 0 Å². The first-order valence-corrected chi connectivity index (χ1v) is 22.0. The maximum atomic E-state index is 6.37. The van der Waals surface area contributed by atoms with Gasteiger partial charge in [-0.15, -0.1) is 0 Å². The normalized spacial score (nSPS) is 17.2. The van der Waals surface area contributed by atoms with E-state index >= 15 is 0 Å². The zero-order valence-electron chi connectivity index (χ0n) is 34.3. The predicted octanol–water partition coefficient (Wildman–Crippen LogP) is 13.6. The lowest BCUT2D eigenvalue weighted by Gasteiger charge is -2.30. The van der Waals surface area contributed by atoms with E-state index in [-0.39, 0.29) is 5.92 Å². The minimum atomic E-state index is -0.409. The summed E-state index contributed by atoms with van der Waals surface area (Å²) < 4.78 is 8.92. The fraction of sp³-hybridized carbons (Fsp3) is 0.0862. The van der Waals surface area contributed by atoms with Gasteiger partial charge < -0.3 is 9.30 Å². The number of fused-ring (bicyclic) bond motifs is 17. The van der Waals surface area contributed by atoms with Gasteiger partial charge in [0, 0.05) is 44.7 Å². The third-order valence-electron chi connectivity index (χ3n) is 14.2. The van der Waals surface area contributed by atoms with Crippen LogP contribution in [-0.2, 0) is 5.41 Å². The van der Waals surface area contributed by atoms with Crippen molar-refractivity contribution in [2.75, 3.05) is 0 Å². The lowest BCUT2D eigenvalue weighted by Crippen LogP contribution is -2.25. The molecule has 0 saturated carbocycles. The van der Waals surface area contributed by atoms with Crippen molar-refractivity contribution >= 4 is 38.6 Å². The van der Waals surface area contributed by atoms with Crippen molar-refractivity contribution in [1.29, 1.82) is 0 Å². The minimum Gasteiger partial charge on any atom is -0.461 e. The maximum absolute atomic E-state index is 6.37. The van der Waals surface area contributed by atoms with E-state index < -0.39 is 5.41 Å². The van der Waals surface area contributed by atoms with Gasteiger partial charge in [0.1, 0.15) is 11.5 Å². The molecule has 5 nitrogen and oxygen atoms in total. The van der Waals surface area contributed by atoms with Crippen molar-refractivity contribution < 1.29 is 4.74 Å². The number of nitrogens with zero attached hydrogens (tertiary/aromatic N) is 4. The molecule has 2 aromatic heterocycles. The lowest BCUT2D eigenvalue weighted by molar-refractivity contribution is 0.426. The van der Waals surface area contributed by atoms with Crippen LogP contribution in [0.2, 0.25) is 0 Å². The van der Waals surface area contributed by atoms with Crippen molar-refractivity contribution in [3.8, 4) is 39.4 Å². The van der Waals surface area contributed by atoms with Crippen molar-refractivity contribution in [1.82, 2.24) is 19.5 Å². The summed E-state index contributed by atoms with van der Waals surface area (Å²) in [6.07, 6.45) is 11.4. The Morgan fingerprint density at radius 1 is 0.540 bits per heavy atom. The Labute approximate surface area is 364 Å². The Balaban J connectivity index is 0.939. The van der Waals surface area contributed by atoms with Gasteiger partial charge >= 0.3 is 0 Å². The van der Waals surface area contributed by atoms with Crippen LogP contribution < -0.4 is 4.74 Å². The van der Waals surface area contributed by atoms with Crippen molar-refractivity contribution in [2.45, 2.75) is 30.6 Å². The van der Waals surface area contributed by atoms with Gasteiger partial charge in [0.25, 0.3) is 0 Å². The molecule has 14 rings (SSSR count). The highest BCUT2D eigenvalue weighted by molar-refractivity contribution is 6.17. The summed E-state index contributed by atoms with van der Waals surface area (Å²) >= 11 is 0. The molecule has 63 heavy (non-hydrogen) atoms. The average molecular weight is 807 g/mol. The van der Waals surface area contributed by atoms with E-state index in [1.807, 2.05) is 24.3 Å². The minimum absolute atomic E-state index is 0.218. The molecule has 4 aliphatic carbocycles. The molecule has 0 bridgehead atoms. The molecule has 1 atom stereocenters. The molecule has 0 amide bonds. The highest BCUT2D eigenvalue weighted by Crippen LogP contribution is 2.64. The number of hydrogen-bond acceptors (Lipinski definition) is 4. The second-order valence-corrected chi connectivity index (χ2v) is 17.3. The largest absolute Gasteiger partial charge is 0.461 e. The maximum Gasteiger partial charge on any atom is 0.164 e. The Morgan fingerprint density at radius 2 is 1.21 bits per heavy atom. The molecule has 0 saturated heterocycles. The Hall–Kier alpha value is -7.89. The van der Waals surface area contributed by atoms with Crippen LogP contribution in [0, 0.1) is 0 Å². The van der Waals surface area contributed by atoms with Crippen LogP contribution in [0.1, 0.15) is 64.6 Å². The molecule has 0 radical (unpaired) electrons. The zero-order chi connectivity index (χ0) is 41.2. The van der Waals surface area contributed by atoms with E-state index in [1.54, 1.807) is 0 Å². The summed E-state index contributed by atoms with van der Waals surface area (Å²) in [6, 6.07) is 59.5. The molecule has 0 fully saturated rings. The third kappa shape index (κ3) is 4.79. The number of para-hydroxylation sites is 2. The van der Waals surface area contributed by atoms with Gasteiger partial charge in [-0.3, -0.25) is 0 Å². The fourth-order valence-corrected chi connectivity index (χ4v) is 11.5. The van der Waals surface area contributed by atoms with E-state index in [0.717, 1.165) is 47.5 Å². The second kappa shape index (κ2) is 13.1. The van der Waals surface area contributed by atoms with Crippen molar-refractivity contribution in [3.05, 3.63) is 233 Å². The van der Waals surface area contributed by atoms with Crippen molar-refractivity contribution in [3.63, 3.8) is 0 Å². The van der Waals surface area contributed by atoms with Crippen LogP contribution in [-0.4, -0.2) is 19.5 Å². The smallest absolute Gasteiger partial charge is 0.164 e. The molecule has 296 valence electrons.